The molecule has 0 saturated carbocycles. The van der Waals surface area contributed by atoms with Crippen molar-refractivity contribution in [3.8, 4) is 0 Å². The standard InChI is InChI=1S/C15H18F3N3O3/c1-10(11-5-4-8-24-11)21(3)12(22)9-14(23,15(16,17)18)13-19-6-7-20(13)2/h4-8,10,23H,9H2,1-3H3. The smallest absolute Gasteiger partial charge is 0.425 e. The van der Waals surface area contributed by atoms with Gasteiger partial charge in [0.1, 0.15) is 5.76 Å². The fourth-order valence-electron chi connectivity index (χ4n) is 2.35. The molecule has 2 aromatic heterocycles. The number of imidazole rings is 1. The van der Waals surface area contributed by atoms with Gasteiger partial charge in [-0.15, -0.1) is 0 Å². The molecule has 9 heteroatoms. The summed E-state index contributed by atoms with van der Waals surface area (Å²) in [5.41, 5.74) is -3.38. The normalized spacial score (nSPS) is 15.8. The summed E-state index contributed by atoms with van der Waals surface area (Å²) in [7, 11) is 2.67. The Morgan fingerprint density at radius 2 is 2.17 bits per heavy atom. The number of furan rings is 1. The van der Waals surface area contributed by atoms with Crippen molar-refractivity contribution in [2.75, 3.05) is 7.05 Å². The van der Waals surface area contributed by atoms with Gasteiger partial charge in [-0.05, 0) is 19.1 Å². The predicted octanol–water partition coefficient (Wildman–Crippen LogP) is 2.37. The largest absolute Gasteiger partial charge is 0.467 e. The molecule has 0 aliphatic carbocycles. The lowest BCUT2D eigenvalue weighted by Gasteiger charge is -2.32. The number of aromatic nitrogens is 2. The van der Waals surface area contributed by atoms with E-state index in [9.17, 15) is 23.1 Å². The lowest BCUT2D eigenvalue weighted by molar-refractivity contribution is -0.272. The van der Waals surface area contributed by atoms with Crippen molar-refractivity contribution in [3.05, 3.63) is 42.4 Å². The number of aryl methyl sites for hydroxylation is 1. The maximum Gasteiger partial charge on any atom is 0.425 e. The summed E-state index contributed by atoms with van der Waals surface area (Å²) >= 11 is 0. The second-order valence-electron chi connectivity index (χ2n) is 5.59. The van der Waals surface area contributed by atoms with Crippen LogP contribution in [0.25, 0.3) is 0 Å². The Kier molecular flexibility index (Phi) is 4.75. The Bertz CT molecular complexity index is 696. The minimum absolute atomic E-state index is 0.429. The highest BCUT2D eigenvalue weighted by Crippen LogP contribution is 2.41. The maximum atomic E-state index is 13.5. The number of rotatable bonds is 5. The molecule has 0 aromatic carbocycles. The van der Waals surface area contributed by atoms with E-state index in [4.69, 9.17) is 4.42 Å². The number of carbonyl (C=O) groups is 1. The zero-order chi connectivity index (χ0) is 18.1. The lowest BCUT2D eigenvalue weighted by Crippen LogP contribution is -2.48. The highest BCUT2D eigenvalue weighted by atomic mass is 19.4. The fourth-order valence-corrected chi connectivity index (χ4v) is 2.35. The van der Waals surface area contributed by atoms with Crippen LogP contribution in [0.15, 0.2) is 35.2 Å². The third kappa shape index (κ3) is 3.16. The van der Waals surface area contributed by atoms with Gasteiger partial charge in [0, 0.05) is 26.5 Å². The zero-order valence-corrected chi connectivity index (χ0v) is 13.4. The van der Waals surface area contributed by atoms with Gasteiger partial charge in [0.2, 0.25) is 11.5 Å². The topological polar surface area (TPSA) is 71.5 Å². The molecule has 132 valence electrons. The van der Waals surface area contributed by atoms with Crippen molar-refractivity contribution in [2.24, 2.45) is 7.05 Å². The van der Waals surface area contributed by atoms with Crippen LogP contribution in [0.4, 0.5) is 13.2 Å². The number of carbonyl (C=O) groups excluding carboxylic acids is 1. The Morgan fingerprint density at radius 3 is 2.62 bits per heavy atom. The quantitative estimate of drug-likeness (QED) is 0.903. The molecular weight excluding hydrogens is 327 g/mol. The van der Waals surface area contributed by atoms with Crippen LogP contribution in [0.2, 0.25) is 0 Å². The van der Waals surface area contributed by atoms with E-state index in [2.05, 4.69) is 4.98 Å². The third-order valence-electron chi connectivity index (χ3n) is 4.00. The molecule has 0 spiro atoms. The number of hydrogen-bond acceptors (Lipinski definition) is 4. The molecule has 2 atom stereocenters. The van der Waals surface area contributed by atoms with Gasteiger partial charge in [0.05, 0.1) is 18.7 Å². The van der Waals surface area contributed by atoms with Crippen LogP contribution in [0.5, 0.6) is 0 Å². The lowest BCUT2D eigenvalue weighted by atomic mass is 9.96. The molecule has 24 heavy (non-hydrogen) atoms. The number of alkyl halides is 3. The predicted molar refractivity (Wildman–Crippen MR) is 77.7 cm³/mol. The average Bonchev–Trinajstić information content (AvgIpc) is 3.15. The molecule has 0 aliphatic rings. The van der Waals surface area contributed by atoms with Crippen LogP contribution >= 0.6 is 0 Å². The van der Waals surface area contributed by atoms with Gasteiger partial charge < -0.3 is 19.0 Å². The van der Waals surface area contributed by atoms with Crippen molar-refractivity contribution >= 4 is 5.91 Å². The molecule has 6 nitrogen and oxygen atoms in total. The van der Waals surface area contributed by atoms with E-state index in [-0.39, 0.29) is 0 Å². The molecule has 0 saturated heterocycles. The molecule has 2 aromatic rings. The first kappa shape index (κ1) is 18.1. The van der Waals surface area contributed by atoms with Crippen molar-refractivity contribution < 1.29 is 27.5 Å². The highest BCUT2D eigenvalue weighted by molar-refractivity contribution is 5.77. The first-order valence-corrected chi connectivity index (χ1v) is 7.14. The van der Waals surface area contributed by atoms with Crippen LogP contribution in [0.1, 0.15) is 31.0 Å². The fraction of sp³-hybridized carbons (Fsp3) is 0.467. The summed E-state index contributed by atoms with van der Waals surface area (Å²) in [6.07, 6.45) is -2.43. The van der Waals surface area contributed by atoms with Gasteiger partial charge in [0.15, 0.2) is 5.82 Å². The van der Waals surface area contributed by atoms with Gasteiger partial charge in [-0.2, -0.15) is 13.2 Å². The van der Waals surface area contributed by atoms with E-state index in [1.807, 2.05) is 0 Å². The molecule has 2 unspecified atom stereocenters. The van der Waals surface area contributed by atoms with Crippen LogP contribution < -0.4 is 0 Å². The third-order valence-corrected chi connectivity index (χ3v) is 4.00. The van der Waals surface area contributed by atoms with Crippen LogP contribution in [0, 0.1) is 0 Å². The number of nitrogens with zero attached hydrogens (tertiary/aromatic N) is 3. The van der Waals surface area contributed by atoms with Crippen molar-refractivity contribution in [2.45, 2.75) is 31.2 Å². The maximum absolute atomic E-state index is 13.5. The monoisotopic (exact) mass is 345 g/mol. The zero-order valence-electron chi connectivity index (χ0n) is 13.4. The van der Waals surface area contributed by atoms with Gasteiger partial charge in [-0.25, -0.2) is 4.98 Å². The summed E-state index contributed by atoms with van der Waals surface area (Å²) in [5, 5.41) is 10.2. The van der Waals surface area contributed by atoms with Crippen LogP contribution in [-0.2, 0) is 17.4 Å². The second-order valence-corrected chi connectivity index (χ2v) is 5.59. The van der Waals surface area contributed by atoms with Crippen LogP contribution in [0.3, 0.4) is 0 Å². The molecule has 0 aliphatic heterocycles. The van der Waals surface area contributed by atoms with Gasteiger partial charge in [0.25, 0.3) is 0 Å². The van der Waals surface area contributed by atoms with E-state index in [0.29, 0.717) is 5.76 Å². The van der Waals surface area contributed by atoms with Gasteiger partial charge in [-0.1, -0.05) is 0 Å². The summed E-state index contributed by atoms with van der Waals surface area (Å²) in [6.45, 7) is 1.62. The number of aliphatic hydroxyl groups is 1. The van der Waals surface area contributed by atoms with E-state index in [1.165, 1.54) is 26.6 Å². The number of halogens is 3. The summed E-state index contributed by atoms with van der Waals surface area (Å²) in [6, 6.07) is 2.65. The average molecular weight is 345 g/mol. The Balaban J connectivity index is 2.27. The van der Waals surface area contributed by atoms with Gasteiger partial charge in [-0.3, -0.25) is 4.79 Å². The molecule has 0 radical (unpaired) electrons. The number of amides is 1. The van der Waals surface area contributed by atoms with Crippen LogP contribution in [-0.4, -0.2) is 38.7 Å². The Hall–Kier alpha value is -2.29. The van der Waals surface area contributed by atoms with Crippen molar-refractivity contribution in [1.82, 2.24) is 14.5 Å². The Labute approximate surface area is 136 Å². The first-order chi connectivity index (χ1) is 11.1. The minimum Gasteiger partial charge on any atom is -0.467 e. The molecule has 0 bridgehead atoms. The van der Waals surface area contributed by atoms with E-state index < -0.39 is 36.0 Å². The van der Waals surface area contributed by atoms with Crippen molar-refractivity contribution in [1.29, 1.82) is 0 Å². The molecule has 2 heterocycles. The first-order valence-electron chi connectivity index (χ1n) is 7.14. The molecule has 2 rings (SSSR count). The Morgan fingerprint density at radius 1 is 1.50 bits per heavy atom. The van der Waals surface area contributed by atoms with E-state index in [1.54, 1.807) is 19.1 Å². The SMILES string of the molecule is CC(c1ccco1)N(C)C(=O)CC(O)(c1nccn1C)C(F)(F)F. The second kappa shape index (κ2) is 6.31. The summed E-state index contributed by atoms with van der Waals surface area (Å²) in [5.74, 6) is -1.09. The molecule has 1 amide bonds. The number of hydrogen-bond donors (Lipinski definition) is 1. The highest BCUT2D eigenvalue weighted by Gasteiger charge is 2.59. The molecule has 1 N–H and O–H groups in total. The minimum atomic E-state index is -5.06. The summed E-state index contributed by atoms with van der Waals surface area (Å²) in [4.78, 5) is 17.0. The van der Waals surface area contributed by atoms with E-state index in [0.717, 1.165) is 15.7 Å². The van der Waals surface area contributed by atoms with E-state index >= 15 is 0 Å². The molecule has 0 fully saturated rings. The van der Waals surface area contributed by atoms with Gasteiger partial charge >= 0.3 is 6.18 Å². The summed E-state index contributed by atoms with van der Waals surface area (Å²) < 4.78 is 46.6. The van der Waals surface area contributed by atoms with Crippen molar-refractivity contribution in [3.63, 3.8) is 0 Å². The molecular formula is C15H18F3N3O3.